The Morgan fingerprint density at radius 2 is 2.36 bits per heavy atom. The van der Waals surface area contributed by atoms with Gasteiger partial charge < -0.3 is 9.84 Å². The molecule has 3 nitrogen and oxygen atoms in total. The van der Waals surface area contributed by atoms with E-state index in [9.17, 15) is 9.50 Å². The van der Waals surface area contributed by atoms with Gasteiger partial charge in [-0.05, 0) is 6.07 Å². The van der Waals surface area contributed by atoms with Gasteiger partial charge in [0.05, 0.1) is 25.7 Å². The number of aliphatic hydroxyl groups is 1. The Morgan fingerprint density at radius 1 is 1.64 bits per heavy atom. The average Bonchev–Trinajstić information content (AvgIpc) is 2.17. The first-order valence-electron chi connectivity index (χ1n) is 4.08. The van der Waals surface area contributed by atoms with Crippen molar-refractivity contribution in [1.29, 1.82) is 5.26 Å². The fourth-order valence-corrected chi connectivity index (χ4v) is 1.20. The maximum absolute atomic E-state index is 13.1. The lowest BCUT2D eigenvalue weighted by Gasteiger charge is -2.12. The summed E-state index contributed by atoms with van der Waals surface area (Å²) in [6.07, 6.45) is -1.09. The van der Waals surface area contributed by atoms with E-state index in [2.05, 4.69) is 0 Å². The molecule has 0 aliphatic carbocycles. The van der Waals surface area contributed by atoms with Crippen molar-refractivity contribution in [3.05, 3.63) is 29.6 Å². The molecule has 1 atom stereocenters. The normalized spacial score (nSPS) is 11.9. The second-order valence-electron chi connectivity index (χ2n) is 2.74. The van der Waals surface area contributed by atoms with E-state index in [1.807, 2.05) is 6.07 Å². The van der Waals surface area contributed by atoms with Crippen LogP contribution < -0.4 is 4.74 Å². The number of rotatable bonds is 3. The average molecular weight is 195 g/mol. The Kier molecular flexibility index (Phi) is 3.43. The molecule has 0 saturated heterocycles. The summed E-state index contributed by atoms with van der Waals surface area (Å²) in [5, 5.41) is 17.9. The van der Waals surface area contributed by atoms with E-state index in [0.717, 1.165) is 0 Å². The second-order valence-corrected chi connectivity index (χ2v) is 2.74. The van der Waals surface area contributed by atoms with E-state index in [1.54, 1.807) is 0 Å². The summed E-state index contributed by atoms with van der Waals surface area (Å²) in [6.45, 7) is 0. The van der Waals surface area contributed by atoms with Gasteiger partial charge in [0, 0.05) is 5.56 Å². The van der Waals surface area contributed by atoms with Crippen molar-refractivity contribution >= 4 is 0 Å². The number of hydrogen-bond acceptors (Lipinski definition) is 3. The Morgan fingerprint density at radius 3 is 2.93 bits per heavy atom. The van der Waals surface area contributed by atoms with E-state index >= 15 is 0 Å². The van der Waals surface area contributed by atoms with Gasteiger partial charge in [-0.1, -0.05) is 12.1 Å². The molecule has 0 saturated carbocycles. The molecule has 1 unspecified atom stereocenters. The first-order chi connectivity index (χ1) is 6.70. The number of nitrogens with zero attached hydrogens (tertiary/aromatic N) is 1. The third-order valence-electron chi connectivity index (χ3n) is 1.85. The van der Waals surface area contributed by atoms with Gasteiger partial charge in [-0.2, -0.15) is 5.26 Å². The van der Waals surface area contributed by atoms with Crippen LogP contribution in [0.5, 0.6) is 5.75 Å². The number of para-hydroxylation sites is 1. The number of benzene rings is 1. The highest BCUT2D eigenvalue weighted by Gasteiger charge is 2.15. The number of hydrogen-bond donors (Lipinski definition) is 1. The minimum absolute atomic E-state index is 0.00440. The SMILES string of the molecule is COc1c(F)cccc1C(O)CC#N. The molecule has 14 heavy (non-hydrogen) atoms. The summed E-state index contributed by atoms with van der Waals surface area (Å²) in [6, 6.07) is 6.04. The summed E-state index contributed by atoms with van der Waals surface area (Å²) in [5.41, 5.74) is 0.300. The first kappa shape index (κ1) is 10.5. The summed E-state index contributed by atoms with van der Waals surface area (Å²) < 4.78 is 17.9. The summed E-state index contributed by atoms with van der Waals surface area (Å²) in [5.74, 6) is -0.544. The van der Waals surface area contributed by atoms with Crippen molar-refractivity contribution < 1.29 is 14.2 Å². The summed E-state index contributed by atoms with van der Waals surface area (Å²) in [4.78, 5) is 0. The molecule has 0 fully saturated rings. The Balaban J connectivity index is 3.08. The van der Waals surface area contributed by atoms with Crippen LogP contribution in [0.1, 0.15) is 18.1 Å². The van der Waals surface area contributed by atoms with Crippen molar-refractivity contribution in [2.75, 3.05) is 7.11 Å². The molecule has 0 amide bonds. The molecule has 0 heterocycles. The van der Waals surface area contributed by atoms with Crippen LogP contribution in [0.4, 0.5) is 4.39 Å². The topological polar surface area (TPSA) is 53.2 Å². The molecule has 0 aromatic heterocycles. The number of aliphatic hydroxyl groups excluding tert-OH is 1. The van der Waals surface area contributed by atoms with E-state index in [-0.39, 0.29) is 12.2 Å². The highest BCUT2D eigenvalue weighted by atomic mass is 19.1. The Labute approximate surface area is 81.4 Å². The lowest BCUT2D eigenvalue weighted by molar-refractivity contribution is 0.177. The number of halogens is 1. The Bertz CT molecular complexity index is 360. The van der Waals surface area contributed by atoms with Crippen molar-refractivity contribution in [2.24, 2.45) is 0 Å². The molecule has 4 heteroatoms. The summed E-state index contributed by atoms with van der Waals surface area (Å²) >= 11 is 0. The molecule has 0 bridgehead atoms. The van der Waals surface area contributed by atoms with Gasteiger partial charge in [-0.15, -0.1) is 0 Å². The number of ether oxygens (including phenoxy) is 1. The molecule has 1 aromatic carbocycles. The zero-order valence-electron chi connectivity index (χ0n) is 7.70. The van der Waals surface area contributed by atoms with Crippen LogP contribution in [0.25, 0.3) is 0 Å². The standard InChI is InChI=1S/C10H10FNO2/c1-14-10-7(9(13)5-6-12)3-2-4-8(10)11/h2-4,9,13H,5H2,1H3. The van der Waals surface area contributed by atoms with Crippen molar-refractivity contribution in [2.45, 2.75) is 12.5 Å². The fraction of sp³-hybridized carbons (Fsp3) is 0.300. The van der Waals surface area contributed by atoms with Crippen LogP contribution in [-0.2, 0) is 0 Å². The molecule has 0 spiro atoms. The highest BCUT2D eigenvalue weighted by Crippen LogP contribution is 2.29. The molecular weight excluding hydrogens is 185 g/mol. The molecule has 0 aliphatic heterocycles. The maximum Gasteiger partial charge on any atom is 0.165 e. The smallest absolute Gasteiger partial charge is 0.165 e. The van der Waals surface area contributed by atoms with E-state index < -0.39 is 11.9 Å². The van der Waals surface area contributed by atoms with Gasteiger partial charge in [0.2, 0.25) is 0 Å². The maximum atomic E-state index is 13.1. The second kappa shape index (κ2) is 4.58. The Hall–Kier alpha value is -1.60. The fourth-order valence-electron chi connectivity index (χ4n) is 1.20. The van der Waals surface area contributed by atoms with Crippen molar-refractivity contribution in [1.82, 2.24) is 0 Å². The molecule has 0 radical (unpaired) electrons. The van der Waals surface area contributed by atoms with Gasteiger partial charge in [0.15, 0.2) is 11.6 Å². The zero-order chi connectivity index (χ0) is 10.6. The van der Waals surface area contributed by atoms with Crippen LogP contribution in [0.15, 0.2) is 18.2 Å². The van der Waals surface area contributed by atoms with Crippen LogP contribution >= 0.6 is 0 Å². The minimum Gasteiger partial charge on any atom is -0.493 e. The van der Waals surface area contributed by atoms with Gasteiger partial charge >= 0.3 is 0 Å². The van der Waals surface area contributed by atoms with Crippen molar-refractivity contribution in [3.63, 3.8) is 0 Å². The van der Waals surface area contributed by atoms with Crippen LogP contribution in [0.2, 0.25) is 0 Å². The molecule has 74 valence electrons. The van der Waals surface area contributed by atoms with Gasteiger partial charge in [-0.3, -0.25) is 0 Å². The predicted molar refractivity (Wildman–Crippen MR) is 48.1 cm³/mol. The first-order valence-corrected chi connectivity index (χ1v) is 4.08. The van der Waals surface area contributed by atoms with E-state index in [0.29, 0.717) is 5.56 Å². The lowest BCUT2D eigenvalue weighted by atomic mass is 10.1. The van der Waals surface area contributed by atoms with Crippen molar-refractivity contribution in [3.8, 4) is 11.8 Å². The highest BCUT2D eigenvalue weighted by molar-refractivity contribution is 5.36. The molecule has 0 aliphatic rings. The van der Waals surface area contributed by atoms with E-state index in [4.69, 9.17) is 10.00 Å². The van der Waals surface area contributed by atoms with Crippen LogP contribution in [-0.4, -0.2) is 12.2 Å². The number of nitriles is 1. The van der Waals surface area contributed by atoms with Crippen LogP contribution in [0, 0.1) is 17.1 Å². The zero-order valence-corrected chi connectivity index (χ0v) is 7.70. The number of methoxy groups -OCH3 is 1. The minimum atomic E-state index is -1.01. The molecule has 1 aromatic rings. The monoisotopic (exact) mass is 195 g/mol. The third-order valence-corrected chi connectivity index (χ3v) is 1.85. The van der Waals surface area contributed by atoms with Gasteiger partial charge in [0.25, 0.3) is 0 Å². The quantitative estimate of drug-likeness (QED) is 0.799. The van der Waals surface area contributed by atoms with Crippen LogP contribution in [0.3, 0.4) is 0 Å². The van der Waals surface area contributed by atoms with Gasteiger partial charge in [-0.25, -0.2) is 4.39 Å². The molecule has 1 N–H and O–H groups in total. The molecular formula is C10H10FNO2. The van der Waals surface area contributed by atoms with E-state index in [1.165, 1.54) is 25.3 Å². The largest absolute Gasteiger partial charge is 0.493 e. The lowest BCUT2D eigenvalue weighted by Crippen LogP contribution is -2.01. The predicted octanol–water partition coefficient (Wildman–Crippen LogP) is 1.78. The third kappa shape index (κ3) is 2.01. The summed E-state index contributed by atoms with van der Waals surface area (Å²) in [7, 11) is 1.32. The molecule has 1 rings (SSSR count). The van der Waals surface area contributed by atoms with Gasteiger partial charge in [0.1, 0.15) is 0 Å².